The van der Waals surface area contributed by atoms with Crippen LogP contribution in [0.1, 0.15) is 12.0 Å². The highest BCUT2D eigenvalue weighted by atomic mass is 32.2. The number of halogens is 2. The van der Waals surface area contributed by atoms with Gasteiger partial charge in [0.15, 0.2) is 23.1 Å². The topological polar surface area (TPSA) is 56.8 Å². The molecule has 0 heterocycles. The molecule has 0 saturated heterocycles. The highest BCUT2D eigenvalue weighted by Gasteiger charge is 2.13. The van der Waals surface area contributed by atoms with E-state index in [1.54, 1.807) is 12.1 Å². The lowest BCUT2D eigenvalue weighted by atomic mass is 10.1. The summed E-state index contributed by atoms with van der Waals surface area (Å²) in [5.74, 6) is 0.140. The molecule has 0 atom stereocenters. The number of amides is 1. The van der Waals surface area contributed by atoms with Crippen molar-refractivity contribution in [2.75, 3.05) is 27.1 Å². The fourth-order valence-electron chi connectivity index (χ4n) is 2.34. The molecular weight excluding hydrogens is 376 g/mol. The first-order valence-electron chi connectivity index (χ1n) is 8.12. The summed E-state index contributed by atoms with van der Waals surface area (Å²) in [5, 5.41) is 2.81. The zero-order valence-corrected chi connectivity index (χ0v) is 16.1. The van der Waals surface area contributed by atoms with E-state index in [4.69, 9.17) is 14.2 Å². The number of hydrogen-bond acceptors (Lipinski definition) is 5. The van der Waals surface area contributed by atoms with Crippen LogP contribution in [0.4, 0.5) is 8.78 Å². The normalized spacial score (nSPS) is 10.4. The third kappa shape index (κ3) is 5.75. The van der Waals surface area contributed by atoms with Gasteiger partial charge in [-0.15, -0.1) is 11.8 Å². The van der Waals surface area contributed by atoms with E-state index in [0.717, 1.165) is 17.7 Å². The van der Waals surface area contributed by atoms with Gasteiger partial charge in [0.2, 0.25) is 5.91 Å². The van der Waals surface area contributed by atoms with E-state index >= 15 is 0 Å². The van der Waals surface area contributed by atoms with Gasteiger partial charge in [-0.25, -0.2) is 8.78 Å². The average Bonchev–Trinajstić information content (AvgIpc) is 2.68. The van der Waals surface area contributed by atoms with Crippen molar-refractivity contribution in [2.45, 2.75) is 17.9 Å². The van der Waals surface area contributed by atoms with Crippen molar-refractivity contribution in [2.24, 2.45) is 0 Å². The van der Waals surface area contributed by atoms with Gasteiger partial charge in [-0.2, -0.15) is 0 Å². The Labute approximate surface area is 161 Å². The molecule has 5 nitrogen and oxygen atoms in total. The smallest absolute Gasteiger partial charge is 0.221 e. The Kier molecular flexibility index (Phi) is 7.72. The Morgan fingerprint density at radius 1 is 0.963 bits per heavy atom. The summed E-state index contributed by atoms with van der Waals surface area (Å²) < 4.78 is 41.9. The van der Waals surface area contributed by atoms with Crippen molar-refractivity contribution in [3.8, 4) is 17.2 Å². The number of methoxy groups -OCH3 is 3. The summed E-state index contributed by atoms with van der Waals surface area (Å²) in [4.78, 5) is 12.6. The first-order chi connectivity index (χ1) is 13.0. The summed E-state index contributed by atoms with van der Waals surface area (Å²) in [5.41, 5.74) is 0.747. The third-order valence-corrected chi connectivity index (χ3v) is 4.75. The molecule has 0 aliphatic rings. The second-order valence-corrected chi connectivity index (χ2v) is 6.64. The zero-order valence-electron chi connectivity index (χ0n) is 15.3. The van der Waals surface area contributed by atoms with E-state index < -0.39 is 11.6 Å². The highest BCUT2D eigenvalue weighted by molar-refractivity contribution is 7.99. The van der Waals surface area contributed by atoms with Crippen molar-refractivity contribution in [1.82, 2.24) is 5.32 Å². The Balaban J connectivity index is 1.88. The summed E-state index contributed by atoms with van der Waals surface area (Å²) in [7, 11) is 4.59. The van der Waals surface area contributed by atoms with Crippen LogP contribution >= 0.6 is 11.8 Å². The number of carbonyl (C=O) groups excluding carboxylic acids is 1. The number of rotatable bonds is 9. The van der Waals surface area contributed by atoms with Crippen LogP contribution < -0.4 is 19.5 Å². The van der Waals surface area contributed by atoms with Crippen LogP contribution in [-0.2, 0) is 11.3 Å². The molecule has 0 aliphatic heterocycles. The Hall–Kier alpha value is -2.48. The molecular formula is C19H21F2NO4S. The predicted octanol–water partition coefficient (Wildman–Crippen LogP) is 3.79. The molecule has 0 aliphatic carbocycles. The first-order valence-corrected chi connectivity index (χ1v) is 9.10. The van der Waals surface area contributed by atoms with E-state index in [1.807, 2.05) is 0 Å². The molecule has 0 spiro atoms. The fourth-order valence-corrected chi connectivity index (χ4v) is 3.22. The van der Waals surface area contributed by atoms with Gasteiger partial charge in [0.05, 0.1) is 21.3 Å². The van der Waals surface area contributed by atoms with Crippen LogP contribution in [0.15, 0.2) is 35.2 Å². The van der Waals surface area contributed by atoms with Crippen LogP contribution in [-0.4, -0.2) is 33.0 Å². The Morgan fingerprint density at radius 2 is 1.63 bits per heavy atom. The molecule has 1 amide bonds. The van der Waals surface area contributed by atoms with E-state index in [-0.39, 0.29) is 18.9 Å². The molecule has 0 fully saturated rings. The Bertz CT molecular complexity index is 802. The van der Waals surface area contributed by atoms with Gasteiger partial charge in [0, 0.05) is 35.2 Å². The molecule has 2 aromatic rings. The predicted molar refractivity (Wildman–Crippen MR) is 99.6 cm³/mol. The van der Waals surface area contributed by atoms with Gasteiger partial charge in [-0.3, -0.25) is 4.79 Å². The van der Waals surface area contributed by atoms with Gasteiger partial charge in [0.25, 0.3) is 0 Å². The summed E-state index contributed by atoms with van der Waals surface area (Å²) >= 11 is 1.28. The van der Waals surface area contributed by atoms with Crippen molar-refractivity contribution < 1.29 is 27.8 Å². The van der Waals surface area contributed by atoms with Crippen molar-refractivity contribution in [1.29, 1.82) is 0 Å². The second-order valence-electron chi connectivity index (χ2n) is 5.47. The van der Waals surface area contributed by atoms with Crippen LogP contribution in [0.2, 0.25) is 0 Å². The fraction of sp³-hybridized carbons (Fsp3) is 0.316. The van der Waals surface area contributed by atoms with Crippen LogP contribution in [0.25, 0.3) is 0 Å². The van der Waals surface area contributed by atoms with Gasteiger partial charge < -0.3 is 19.5 Å². The van der Waals surface area contributed by atoms with Gasteiger partial charge >= 0.3 is 0 Å². The lowest BCUT2D eigenvalue weighted by Crippen LogP contribution is -2.23. The highest BCUT2D eigenvalue weighted by Crippen LogP contribution is 2.34. The van der Waals surface area contributed by atoms with Crippen molar-refractivity contribution in [3.63, 3.8) is 0 Å². The van der Waals surface area contributed by atoms with Gasteiger partial charge in [-0.05, 0) is 24.3 Å². The van der Waals surface area contributed by atoms with E-state index in [2.05, 4.69) is 5.32 Å². The molecule has 27 heavy (non-hydrogen) atoms. The molecule has 0 saturated carbocycles. The molecule has 8 heteroatoms. The summed E-state index contributed by atoms with van der Waals surface area (Å²) in [6, 6.07) is 7.11. The number of ether oxygens (including phenoxy) is 3. The maximum Gasteiger partial charge on any atom is 0.221 e. The first kappa shape index (κ1) is 20.8. The summed E-state index contributed by atoms with van der Waals surface area (Å²) in [6.45, 7) is 0.262. The van der Waals surface area contributed by atoms with Crippen LogP contribution in [0, 0.1) is 11.6 Å². The van der Waals surface area contributed by atoms with E-state index in [9.17, 15) is 13.6 Å². The lowest BCUT2D eigenvalue weighted by Gasteiger charge is -2.14. The largest absolute Gasteiger partial charge is 0.496 e. The van der Waals surface area contributed by atoms with E-state index in [1.165, 1.54) is 39.2 Å². The van der Waals surface area contributed by atoms with Crippen molar-refractivity contribution in [3.05, 3.63) is 47.5 Å². The van der Waals surface area contributed by atoms with Gasteiger partial charge in [-0.1, -0.05) is 0 Å². The molecule has 0 radical (unpaired) electrons. The molecule has 2 aromatic carbocycles. The van der Waals surface area contributed by atoms with Crippen LogP contribution in [0.3, 0.4) is 0 Å². The van der Waals surface area contributed by atoms with Crippen LogP contribution in [0.5, 0.6) is 17.2 Å². The molecule has 0 unspecified atom stereocenters. The molecule has 0 aromatic heterocycles. The van der Waals surface area contributed by atoms with E-state index in [0.29, 0.717) is 27.9 Å². The lowest BCUT2D eigenvalue weighted by molar-refractivity contribution is -0.120. The Morgan fingerprint density at radius 3 is 2.26 bits per heavy atom. The molecule has 146 valence electrons. The quantitative estimate of drug-likeness (QED) is 0.653. The number of benzene rings is 2. The monoisotopic (exact) mass is 397 g/mol. The number of nitrogens with one attached hydrogen (secondary N) is 1. The number of hydrogen-bond donors (Lipinski definition) is 1. The minimum atomic E-state index is -0.898. The zero-order chi connectivity index (χ0) is 19.8. The third-order valence-electron chi connectivity index (χ3n) is 3.75. The molecule has 1 N–H and O–H groups in total. The summed E-state index contributed by atoms with van der Waals surface area (Å²) in [6.07, 6.45) is 0.235. The minimum absolute atomic E-state index is 0.165. The minimum Gasteiger partial charge on any atom is -0.496 e. The number of carbonyl (C=O) groups is 1. The maximum absolute atomic E-state index is 13.2. The molecule has 0 bridgehead atoms. The van der Waals surface area contributed by atoms with Gasteiger partial charge in [0.1, 0.15) is 5.75 Å². The maximum atomic E-state index is 13.2. The molecule has 2 rings (SSSR count). The average molecular weight is 397 g/mol. The SMILES string of the molecule is COc1cc(OC)c(OC)cc1CNC(=O)CCSc1ccc(F)c(F)c1. The standard InChI is InChI=1S/C19H21F2NO4S/c1-24-16-10-18(26-3)17(25-2)8-12(16)11-22-19(23)6-7-27-13-4-5-14(20)15(21)9-13/h4-5,8-10H,6-7,11H2,1-3H3,(H,22,23). The number of thioether (sulfide) groups is 1. The van der Waals surface area contributed by atoms with Crippen molar-refractivity contribution >= 4 is 17.7 Å². The second kappa shape index (κ2) is 10.0.